The van der Waals surface area contributed by atoms with E-state index >= 15 is 0 Å². The van der Waals surface area contributed by atoms with Gasteiger partial charge in [0.15, 0.2) is 0 Å². The molecule has 11 atom stereocenters. The van der Waals surface area contributed by atoms with Gasteiger partial charge in [0.05, 0.1) is 0 Å². The maximum absolute atomic E-state index is 14.3. The summed E-state index contributed by atoms with van der Waals surface area (Å²) in [5, 5.41) is 34.5. The van der Waals surface area contributed by atoms with Crippen LogP contribution in [0.25, 0.3) is 10.8 Å². The quantitative estimate of drug-likeness (QED) is 0.0421. The topological polar surface area (TPSA) is 368 Å². The molecule has 2 aromatic carbocycles. The van der Waals surface area contributed by atoms with Crippen molar-refractivity contribution in [1.29, 1.82) is 0 Å². The van der Waals surface area contributed by atoms with Crippen molar-refractivity contribution in [3.8, 4) is 0 Å². The third-order valence-electron chi connectivity index (χ3n) is 12.4. The van der Waals surface area contributed by atoms with Gasteiger partial charge in [0.1, 0.15) is 54.4 Å². The van der Waals surface area contributed by atoms with Crippen molar-refractivity contribution in [1.82, 2.24) is 47.9 Å². The average molecular weight is 1020 g/mol. The summed E-state index contributed by atoms with van der Waals surface area (Å²) in [6.45, 7) is 14.1. The molecule has 0 saturated carbocycles. The number of carbonyl (C=O) groups is 11. The number of benzene rings is 2. The van der Waals surface area contributed by atoms with Crippen molar-refractivity contribution < 1.29 is 57.8 Å². The van der Waals surface area contributed by atoms with E-state index in [0.717, 1.165) is 10.8 Å². The van der Waals surface area contributed by atoms with Crippen LogP contribution in [-0.4, -0.2) is 131 Å². The van der Waals surface area contributed by atoms with Crippen molar-refractivity contribution in [3.05, 3.63) is 48.0 Å². The Morgan fingerprint density at radius 3 is 1.44 bits per heavy atom. The molecule has 23 heteroatoms. The van der Waals surface area contributed by atoms with Gasteiger partial charge < -0.3 is 64.4 Å². The van der Waals surface area contributed by atoms with Gasteiger partial charge in [-0.3, -0.25) is 52.7 Å². The fourth-order valence-electron chi connectivity index (χ4n) is 7.40. The zero-order valence-electron chi connectivity index (χ0n) is 43.3. The van der Waals surface area contributed by atoms with E-state index in [-0.39, 0.29) is 19.4 Å². The van der Waals surface area contributed by atoms with E-state index in [2.05, 4.69) is 47.9 Å². The highest BCUT2D eigenvalue weighted by molar-refractivity contribution is 5.98. The van der Waals surface area contributed by atoms with Crippen LogP contribution in [0.4, 0.5) is 0 Å². The van der Waals surface area contributed by atoms with Crippen LogP contribution in [0.2, 0.25) is 0 Å². The van der Waals surface area contributed by atoms with E-state index in [1.54, 1.807) is 39.8 Å². The summed E-state index contributed by atoms with van der Waals surface area (Å²) < 4.78 is 0. The van der Waals surface area contributed by atoms with E-state index < -0.39 is 144 Å². The summed E-state index contributed by atoms with van der Waals surface area (Å²) in [7, 11) is 0. The van der Waals surface area contributed by atoms with Gasteiger partial charge in [0.25, 0.3) is 0 Å². The molecule has 0 bridgehead atoms. The molecule has 23 nitrogen and oxygen atoms in total. The van der Waals surface area contributed by atoms with Gasteiger partial charge in [0, 0.05) is 19.8 Å². The summed E-state index contributed by atoms with van der Waals surface area (Å²) in [4.78, 5) is 144. The van der Waals surface area contributed by atoms with Crippen molar-refractivity contribution in [2.24, 2.45) is 23.3 Å². The molecule has 0 heterocycles. The highest BCUT2D eigenvalue weighted by atomic mass is 16.4. The van der Waals surface area contributed by atoms with Crippen LogP contribution in [0.15, 0.2) is 42.5 Å². The first-order valence-electron chi connectivity index (χ1n) is 24.7. The van der Waals surface area contributed by atoms with Crippen LogP contribution in [0.5, 0.6) is 0 Å². The van der Waals surface area contributed by atoms with Crippen LogP contribution >= 0.6 is 0 Å². The van der Waals surface area contributed by atoms with Crippen LogP contribution in [-0.2, 0) is 59.2 Å². The first-order chi connectivity index (χ1) is 34.3. The first kappa shape index (κ1) is 61.9. The number of hydrogen-bond acceptors (Lipinski definition) is 12. The number of carboxylic acid groups (broad SMARTS) is 1. The number of rotatable bonds is 31. The Labute approximate surface area is 426 Å². The van der Waals surface area contributed by atoms with Crippen LogP contribution in [0.3, 0.4) is 0 Å². The Morgan fingerprint density at radius 2 is 0.945 bits per heavy atom. The van der Waals surface area contributed by atoms with Crippen molar-refractivity contribution in [2.45, 2.75) is 168 Å². The number of primary amides is 1. The maximum atomic E-state index is 14.3. The molecule has 2 aromatic rings. The summed E-state index contributed by atoms with van der Waals surface area (Å²) in [5.41, 5.74) is 11.6. The molecular formula is C50H77N11O12. The zero-order valence-corrected chi connectivity index (χ0v) is 43.3. The monoisotopic (exact) mass is 1020 g/mol. The third-order valence-corrected chi connectivity index (χ3v) is 12.4. The zero-order chi connectivity index (χ0) is 55.1. The molecule has 2 rings (SSSR count). The van der Waals surface area contributed by atoms with E-state index in [4.69, 9.17) is 11.5 Å². The number of aliphatic carboxylic acids is 1. The van der Waals surface area contributed by atoms with Crippen molar-refractivity contribution in [2.75, 3.05) is 6.54 Å². The van der Waals surface area contributed by atoms with E-state index in [1.165, 1.54) is 34.6 Å². The number of fused-ring (bicyclic) bond motifs is 1. The number of hydrogen-bond donors (Lipinski definition) is 12. The lowest BCUT2D eigenvalue weighted by Crippen LogP contribution is -2.60. The Balaban J connectivity index is 2.44. The van der Waals surface area contributed by atoms with Gasteiger partial charge in [-0.2, -0.15) is 0 Å². The summed E-state index contributed by atoms with van der Waals surface area (Å²) in [6, 6.07) is 1.65. The van der Waals surface area contributed by atoms with Gasteiger partial charge in [-0.05, 0) is 88.1 Å². The van der Waals surface area contributed by atoms with Crippen LogP contribution < -0.4 is 59.3 Å². The summed E-state index contributed by atoms with van der Waals surface area (Å²) >= 11 is 0. The molecule has 0 aliphatic heterocycles. The Morgan fingerprint density at radius 1 is 0.507 bits per heavy atom. The SMILES string of the molecule is CC[C@H](C)[C@H](NC(=O)[C@H](C)NC(=O)[C@H](Cc1ccc2ccccc2c1)NC(=O)[C@H](CCC(=O)O)NC(=O)[C@H](CCCCN)NC(=O)[C@H](C)NC(=O)[C@@H](NC(=O)[C@H](C)NC(C)=O)[C@@H](C)CC)C(=O)N[C@@H](C)C(N)=O. The molecule has 0 spiro atoms. The third kappa shape index (κ3) is 20.8. The molecule has 73 heavy (non-hydrogen) atoms. The highest BCUT2D eigenvalue weighted by Crippen LogP contribution is 2.18. The first-order valence-corrected chi connectivity index (χ1v) is 24.7. The second kappa shape index (κ2) is 30.7. The number of nitrogens with one attached hydrogen (secondary N) is 9. The normalized spacial score (nSPS) is 15.6. The Kier molecular flexibility index (Phi) is 26.0. The molecule has 14 N–H and O–H groups in total. The van der Waals surface area contributed by atoms with Crippen LogP contribution in [0, 0.1) is 11.8 Å². The highest BCUT2D eigenvalue weighted by Gasteiger charge is 2.35. The molecule has 0 aliphatic carbocycles. The lowest BCUT2D eigenvalue weighted by atomic mass is 9.97. The van der Waals surface area contributed by atoms with Gasteiger partial charge in [-0.1, -0.05) is 83.0 Å². The molecule has 10 amide bonds. The van der Waals surface area contributed by atoms with E-state index in [9.17, 15) is 57.8 Å². The number of amides is 10. The lowest BCUT2D eigenvalue weighted by Gasteiger charge is -2.28. The number of carbonyl (C=O) groups excluding carboxylic acids is 10. The number of carboxylic acids is 1. The van der Waals surface area contributed by atoms with E-state index in [0.29, 0.717) is 31.2 Å². The minimum absolute atomic E-state index is 0.00592. The predicted octanol–water partition coefficient (Wildman–Crippen LogP) is -0.584. The van der Waals surface area contributed by atoms with Crippen molar-refractivity contribution in [3.63, 3.8) is 0 Å². The maximum Gasteiger partial charge on any atom is 0.303 e. The molecular weight excluding hydrogens is 947 g/mol. The van der Waals surface area contributed by atoms with Gasteiger partial charge in [0.2, 0.25) is 59.1 Å². The molecule has 0 fully saturated rings. The summed E-state index contributed by atoms with van der Waals surface area (Å²) in [6.07, 6.45) is 0.470. The Bertz CT molecular complexity index is 2280. The second-order valence-electron chi connectivity index (χ2n) is 18.5. The fraction of sp³-hybridized carbons (Fsp3) is 0.580. The van der Waals surface area contributed by atoms with Gasteiger partial charge in [-0.25, -0.2) is 0 Å². The minimum Gasteiger partial charge on any atom is -0.481 e. The van der Waals surface area contributed by atoms with Crippen LogP contribution in [0.1, 0.15) is 113 Å². The fourth-order valence-corrected chi connectivity index (χ4v) is 7.40. The lowest BCUT2D eigenvalue weighted by molar-refractivity contribution is -0.139. The second-order valence-corrected chi connectivity index (χ2v) is 18.5. The Hall–Kier alpha value is -7.17. The molecule has 404 valence electrons. The molecule has 0 aliphatic rings. The number of unbranched alkanes of at least 4 members (excludes halogenated alkanes) is 1. The van der Waals surface area contributed by atoms with E-state index in [1.807, 2.05) is 30.3 Å². The predicted molar refractivity (Wildman–Crippen MR) is 271 cm³/mol. The van der Waals surface area contributed by atoms with Gasteiger partial charge >= 0.3 is 5.97 Å². The molecule has 0 radical (unpaired) electrons. The minimum atomic E-state index is -1.58. The number of nitrogens with two attached hydrogens (primary N) is 2. The largest absolute Gasteiger partial charge is 0.481 e. The standard InChI is InChI=1S/C50H77N11O12/c1-10-26(3)40(49(72)54-28(5)42(52)65)61-45(68)31(8)55-48(71)38(25-33-19-20-34-16-12-13-17-35(34)24-33)59-47(70)37(21-22-39(63)64)58-46(69)36(18-14-15-23-51)57-43(66)30(7)56-50(73)41(27(4)11-2)60-44(67)29(6)53-32(9)62/h12-13,16-17,19-20,24,26-31,36-38,40-41H,10-11,14-15,18,21-23,25,51H2,1-9H3,(H2,52,65)(H,53,62)(H,54,72)(H,55,71)(H,56,73)(H,57,66)(H,58,69)(H,59,70)(H,60,67)(H,61,68)(H,63,64)/t26-,27-,28-,29-,30-,31-,36-,37-,38-,40-,41-/m0/s1. The van der Waals surface area contributed by atoms with Gasteiger partial charge in [-0.15, -0.1) is 0 Å². The molecule has 0 unspecified atom stereocenters. The average Bonchev–Trinajstić information content (AvgIpc) is 3.34. The van der Waals surface area contributed by atoms with Crippen molar-refractivity contribution >= 4 is 75.8 Å². The molecule has 0 aromatic heterocycles. The smallest absolute Gasteiger partial charge is 0.303 e. The molecule has 0 saturated heterocycles. The summed E-state index contributed by atoms with van der Waals surface area (Å²) in [5.74, 6) is -9.66.